The maximum Gasteiger partial charge on any atom is 0.152 e. The van der Waals surface area contributed by atoms with E-state index < -0.39 is 9.84 Å². The van der Waals surface area contributed by atoms with Gasteiger partial charge in [0.15, 0.2) is 9.84 Å². The predicted octanol–water partition coefficient (Wildman–Crippen LogP) is -0.718. The van der Waals surface area contributed by atoms with Gasteiger partial charge in [0, 0.05) is 13.1 Å². The molecule has 0 saturated carbocycles. The lowest BCUT2D eigenvalue weighted by Gasteiger charge is -2.31. The molecule has 1 rings (SSSR count). The van der Waals surface area contributed by atoms with Gasteiger partial charge in [-0.3, -0.25) is 4.90 Å². The molecule has 72 valence electrons. The van der Waals surface area contributed by atoms with Crippen LogP contribution in [0, 0.1) is 0 Å². The van der Waals surface area contributed by atoms with E-state index in [2.05, 4.69) is 10.2 Å². The fourth-order valence-corrected chi connectivity index (χ4v) is 2.53. The lowest BCUT2D eigenvalue weighted by Crippen LogP contribution is -2.49. The van der Waals surface area contributed by atoms with E-state index in [9.17, 15) is 8.42 Å². The molecular formula is C7H16N2O2S. The minimum absolute atomic E-state index is 0.278. The molecule has 1 aliphatic rings. The van der Waals surface area contributed by atoms with Gasteiger partial charge in [0.2, 0.25) is 0 Å². The summed E-state index contributed by atoms with van der Waals surface area (Å²) in [7, 11) is -0.844. The highest BCUT2D eigenvalue weighted by Gasteiger charge is 2.23. The van der Waals surface area contributed by atoms with Crippen LogP contribution in [0.5, 0.6) is 0 Å². The van der Waals surface area contributed by atoms with Crippen molar-refractivity contribution in [3.63, 3.8) is 0 Å². The first-order valence-corrected chi connectivity index (χ1v) is 5.99. The number of sulfone groups is 1. The van der Waals surface area contributed by atoms with Gasteiger partial charge >= 0.3 is 0 Å². The van der Waals surface area contributed by atoms with E-state index in [1.165, 1.54) is 0 Å². The zero-order valence-electron chi connectivity index (χ0n) is 7.58. The smallest absolute Gasteiger partial charge is 0.152 e. The van der Waals surface area contributed by atoms with E-state index in [1.807, 2.05) is 14.0 Å². The highest BCUT2D eigenvalue weighted by atomic mass is 32.2. The maximum atomic E-state index is 11.1. The van der Waals surface area contributed by atoms with Gasteiger partial charge in [-0.25, -0.2) is 8.42 Å². The van der Waals surface area contributed by atoms with Gasteiger partial charge in [-0.1, -0.05) is 0 Å². The fraction of sp³-hybridized carbons (Fsp3) is 1.00. The molecular weight excluding hydrogens is 176 g/mol. The largest absolute Gasteiger partial charge is 0.305 e. The van der Waals surface area contributed by atoms with Crippen LogP contribution in [-0.2, 0) is 9.84 Å². The molecule has 0 aromatic carbocycles. The maximum absolute atomic E-state index is 11.1. The molecule has 1 unspecified atom stereocenters. The van der Waals surface area contributed by atoms with E-state index >= 15 is 0 Å². The standard InChI is InChI=1S/C7H16N2O2S/c1-7(8-2)9-3-5-12(10,11)6-4-9/h7-8H,3-6H2,1-2H3. The molecule has 1 heterocycles. The van der Waals surface area contributed by atoms with Crippen LogP contribution in [0.1, 0.15) is 6.92 Å². The van der Waals surface area contributed by atoms with Crippen molar-refractivity contribution in [2.45, 2.75) is 13.1 Å². The molecule has 5 heteroatoms. The SMILES string of the molecule is CNC(C)N1CCS(=O)(=O)CC1. The summed E-state index contributed by atoms with van der Waals surface area (Å²) in [6, 6.07) is 0. The highest BCUT2D eigenvalue weighted by molar-refractivity contribution is 7.91. The molecule has 1 fully saturated rings. The Kier molecular flexibility index (Phi) is 3.09. The number of hydrogen-bond acceptors (Lipinski definition) is 4. The van der Waals surface area contributed by atoms with Crippen LogP contribution in [0.2, 0.25) is 0 Å². The topological polar surface area (TPSA) is 49.4 Å². The summed E-state index contributed by atoms with van der Waals surface area (Å²) in [6.45, 7) is 3.35. The average Bonchev–Trinajstić information content (AvgIpc) is 2.03. The second kappa shape index (κ2) is 3.72. The van der Waals surface area contributed by atoms with Crippen molar-refractivity contribution in [2.75, 3.05) is 31.6 Å². The summed E-state index contributed by atoms with van der Waals surface area (Å²) in [6.07, 6.45) is 0.278. The third-order valence-corrected chi connectivity index (χ3v) is 3.95. The molecule has 0 aromatic rings. The monoisotopic (exact) mass is 192 g/mol. The summed E-state index contributed by atoms with van der Waals surface area (Å²) in [5.74, 6) is 0.609. The molecule has 0 aromatic heterocycles. The minimum Gasteiger partial charge on any atom is -0.305 e. The first kappa shape index (κ1) is 9.95. The van der Waals surface area contributed by atoms with Crippen molar-refractivity contribution in [3.8, 4) is 0 Å². The first-order valence-electron chi connectivity index (χ1n) is 4.17. The second-order valence-corrected chi connectivity index (χ2v) is 5.46. The van der Waals surface area contributed by atoms with E-state index in [-0.39, 0.29) is 6.17 Å². The fourth-order valence-electron chi connectivity index (χ4n) is 1.30. The number of hydrogen-bond donors (Lipinski definition) is 1. The lowest BCUT2D eigenvalue weighted by molar-refractivity contribution is 0.202. The molecule has 4 nitrogen and oxygen atoms in total. The Morgan fingerprint density at radius 2 is 1.83 bits per heavy atom. The van der Waals surface area contributed by atoms with E-state index in [0.717, 1.165) is 0 Å². The molecule has 1 aliphatic heterocycles. The van der Waals surface area contributed by atoms with Crippen LogP contribution in [-0.4, -0.2) is 51.1 Å². The quantitative estimate of drug-likeness (QED) is 0.627. The van der Waals surface area contributed by atoms with Gasteiger partial charge in [0.1, 0.15) is 0 Å². The summed E-state index contributed by atoms with van der Waals surface area (Å²) in [5.41, 5.74) is 0. The van der Waals surface area contributed by atoms with Gasteiger partial charge in [0.25, 0.3) is 0 Å². The molecule has 1 atom stereocenters. The van der Waals surface area contributed by atoms with Crippen molar-refractivity contribution in [2.24, 2.45) is 0 Å². The summed E-state index contributed by atoms with van der Waals surface area (Å²) in [4.78, 5) is 2.14. The van der Waals surface area contributed by atoms with Gasteiger partial charge in [-0.15, -0.1) is 0 Å². The molecule has 1 saturated heterocycles. The van der Waals surface area contributed by atoms with Crippen LogP contribution >= 0.6 is 0 Å². The zero-order valence-corrected chi connectivity index (χ0v) is 8.39. The van der Waals surface area contributed by atoms with Crippen molar-refractivity contribution in [1.29, 1.82) is 0 Å². The van der Waals surface area contributed by atoms with Crippen molar-refractivity contribution < 1.29 is 8.42 Å². The Morgan fingerprint density at radius 1 is 1.33 bits per heavy atom. The van der Waals surface area contributed by atoms with Crippen LogP contribution < -0.4 is 5.32 Å². The molecule has 0 spiro atoms. The summed E-state index contributed by atoms with van der Waals surface area (Å²) < 4.78 is 22.1. The third kappa shape index (κ3) is 2.43. The molecule has 1 N–H and O–H groups in total. The first-order chi connectivity index (χ1) is 5.55. The normalized spacial score (nSPS) is 26.8. The number of rotatable bonds is 2. The molecule has 0 aliphatic carbocycles. The molecule has 12 heavy (non-hydrogen) atoms. The Bertz CT molecular complexity index is 224. The Morgan fingerprint density at radius 3 is 2.25 bits per heavy atom. The second-order valence-electron chi connectivity index (χ2n) is 3.15. The number of nitrogens with zero attached hydrogens (tertiary/aromatic N) is 1. The average molecular weight is 192 g/mol. The van der Waals surface area contributed by atoms with E-state index in [0.29, 0.717) is 24.6 Å². The van der Waals surface area contributed by atoms with Crippen molar-refractivity contribution >= 4 is 9.84 Å². The van der Waals surface area contributed by atoms with Crippen LogP contribution in [0.4, 0.5) is 0 Å². The molecule has 0 radical (unpaired) electrons. The van der Waals surface area contributed by atoms with E-state index in [1.54, 1.807) is 0 Å². The van der Waals surface area contributed by atoms with Crippen LogP contribution in [0.15, 0.2) is 0 Å². The van der Waals surface area contributed by atoms with Gasteiger partial charge in [-0.2, -0.15) is 0 Å². The Labute approximate surface area is 73.9 Å². The summed E-state index contributed by atoms with van der Waals surface area (Å²) in [5, 5.41) is 3.09. The van der Waals surface area contributed by atoms with Gasteiger partial charge in [0.05, 0.1) is 17.7 Å². The van der Waals surface area contributed by atoms with E-state index in [4.69, 9.17) is 0 Å². The highest BCUT2D eigenvalue weighted by Crippen LogP contribution is 2.05. The summed E-state index contributed by atoms with van der Waals surface area (Å²) >= 11 is 0. The molecule has 0 bridgehead atoms. The number of nitrogens with one attached hydrogen (secondary N) is 1. The lowest BCUT2D eigenvalue weighted by atomic mass is 10.4. The van der Waals surface area contributed by atoms with Crippen LogP contribution in [0.3, 0.4) is 0 Å². The predicted molar refractivity (Wildman–Crippen MR) is 48.7 cm³/mol. The zero-order chi connectivity index (χ0) is 9.19. The minimum atomic E-state index is -2.73. The van der Waals surface area contributed by atoms with Gasteiger partial charge < -0.3 is 5.32 Å². The van der Waals surface area contributed by atoms with Crippen molar-refractivity contribution in [1.82, 2.24) is 10.2 Å². The Hall–Kier alpha value is -0.130. The molecule has 0 amide bonds. The third-order valence-electron chi connectivity index (χ3n) is 2.34. The van der Waals surface area contributed by atoms with Crippen LogP contribution in [0.25, 0.3) is 0 Å². The van der Waals surface area contributed by atoms with Crippen molar-refractivity contribution in [3.05, 3.63) is 0 Å². The Balaban J connectivity index is 2.46. The van der Waals surface area contributed by atoms with Gasteiger partial charge in [-0.05, 0) is 14.0 Å².